The first kappa shape index (κ1) is 24.8. The van der Waals surface area contributed by atoms with Crippen molar-refractivity contribution < 1.29 is 17.6 Å². The van der Waals surface area contributed by atoms with Gasteiger partial charge in [0.25, 0.3) is 15.9 Å². The fourth-order valence-electron chi connectivity index (χ4n) is 3.68. The number of hydrogen-bond acceptors (Lipinski definition) is 3. The van der Waals surface area contributed by atoms with Crippen LogP contribution in [0.4, 0.5) is 10.1 Å². The molecule has 0 unspecified atom stereocenters. The Labute approximate surface area is 208 Å². The molecule has 0 fully saturated rings. The molecule has 0 radical (unpaired) electrons. The normalized spacial score (nSPS) is 11.7. The van der Waals surface area contributed by atoms with Crippen molar-refractivity contribution in [3.8, 4) is 0 Å². The molecular formula is C26H25ClFN3O3S. The number of carbonyl (C=O) groups excluding carboxylic acids is 1. The van der Waals surface area contributed by atoms with E-state index in [0.29, 0.717) is 34.9 Å². The first-order valence-corrected chi connectivity index (χ1v) is 12.9. The van der Waals surface area contributed by atoms with Crippen LogP contribution < -0.4 is 10.0 Å². The molecule has 182 valence electrons. The van der Waals surface area contributed by atoms with E-state index in [9.17, 15) is 17.6 Å². The zero-order valence-electron chi connectivity index (χ0n) is 19.3. The molecule has 3 aromatic carbocycles. The highest BCUT2D eigenvalue weighted by Gasteiger charge is 2.19. The van der Waals surface area contributed by atoms with Gasteiger partial charge in [0.15, 0.2) is 0 Å². The number of nitrogens with zero attached hydrogens (tertiary/aromatic N) is 1. The SMILES string of the molecule is CC(C)CNC(=O)c1cc2cc(NS(=O)(=O)c3ccc(Cl)cc3)ccc2n1Cc1ccc(F)cc1. The average molecular weight is 514 g/mol. The van der Waals surface area contributed by atoms with Gasteiger partial charge in [-0.15, -0.1) is 0 Å². The molecule has 0 aliphatic heterocycles. The van der Waals surface area contributed by atoms with Crippen molar-refractivity contribution in [2.75, 3.05) is 11.3 Å². The number of amides is 1. The fraction of sp³-hybridized carbons (Fsp3) is 0.192. The number of carbonyl (C=O) groups is 1. The van der Waals surface area contributed by atoms with Gasteiger partial charge in [-0.1, -0.05) is 37.6 Å². The standard InChI is InChI=1S/C26H25ClFN3O3S/c1-17(2)15-29-26(32)25-14-19-13-22(30-35(33,34)23-10-5-20(27)6-11-23)9-12-24(19)31(25)16-18-3-7-21(28)8-4-18/h3-14,17,30H,15-16H2,1-2H3,(H,29,32). The Kier molecular flexibility index (Phi) is 7.14. The summed E-state index contributed by atoms with van der Waals surface area (Å²) in [5.41, 5.74) is 2.37. The van der Waals surface area contributed by atoms with Crippen molar-refractivity contribution in [1.82, 2.24) is 9.88 Å². The average Bonchev–Trinajstić information content (AvgIpc) is 3.16. The van der Waals surface area contributed by atoms with Crippen LogP contribution in [0.5, 0.6) is 0 Å². The highest BCUT2D eigenvalue weighted by atomic mass is 35.5. The molecule has 35 heavy (non-hydrogen) atoms. The monoisotopic (exact) mass is 513 g/mol. The Bertz CT molecular complexity index is 1460. The summed E-state index contributed by atoms with van der Waals surface area (Å²) in [6.45, 7) is 4.88. The number of halogens is 2. The van der Waals surface area contributed by atoms with Gasteiger partial charge in [0.05, 0.1) is 4.90 Å². The predicted molar refractivity (Wildman–Crippen MR) is 137 cm³/mol. The first-order chi connectivity index (χ1) is 16.6. The maximum absolute atomic E-state index is 13.4. The molecule has 4 rings (SSSR count). The zero-order chi connectivity index (χ0) is 25.2. The van der Waals surface area contributed by atoms with Crippen LogP contribution >= 0.6 is 11.6 Å². The molecule has 1 aromatic heterocycles. The van der Waals surface area contributed by atoms with Crippen molar-refractivity contribution in [3.05, 3.63) is 94.9 Å². The lowest BCUT2D eigenvalue weighted by atomic mass is 10.2. The van der Waals surface area contributed by atoms with Crippen LogP contribution in [0.25, 0.3) is 10.9 Å². The van der Waals surface area contributed by atoms with Gasteiger partial charge in [0.2, 0.25) is 0 Å². The molecule has 2 N–H and O–H groups in total. The van der Waals surface area contributed by atoms with Crippen LogP contribution in [0.2, 0.25) is 5.02 Å². The quantitative estimate of drug-likeness (QED) is 0.318. The Hall–Kier alpha value is -3.36. The molecular weight excluding hydrogens is 489 g/mol. The third-order valence-corrected chi connectivity index (χ3v) is 7.08. The van der Waals surface area contributed by atoms with Crippen molar-refractivity contribution in [3.63, 3.8) is 0 Å². The second kappa shape index (κ2) is 10.1. The molecule has 6 nitrogen and oxygen atoms in total. The van der Waals surface area contributed by atoms with Gasteiger partial charge < -0.3 is 9.88 Å². The van der Waals surface area contributed by atoms with Crippen molar-refractivity contribution >= 4 is 44.1 Å². The minimum Gasteiger partial charge on any atom is -0.351 e. The number of hydrogen-bond donors (Lipinski definition) is 2. The first-order valence-electron chi connectivity index (χ1n) is 11.1. The van der Waals surface area contributed by atoms with Gasteiger partial charge >= 0.3 is 0 Å². The summed E-state index contributed by atoms with van der Waals surface area (Å²) in [5.74, 6) is -0.290. The van der Waals surface area contributed by atoms with Crippen LogP contribution in [0.3, 0.4) is 0 Å². The molecule has 0 spiro atoms. The van der Waals surface area contributed by atoms with Gasteiger partial charge in [0.1, 0.15) is 11.5 Å². The number of sulfonamides is 1. The number of rotatable bonds is 8. The summed E-state index contributed by atoms with van der Waals surface area (Å²) >= 11 is 5.87. The number of anilines is 1. The lowest BCUT2D eigenvalue weighted by Gasteiger charge is -2.13. The number of aromatic nitrogens is 1. The molecule has 0 saturated heterocycles. The number of benzene rings is 3. The molecule has 0 atom stereocenters. The van der Waals surface area contributed by atoms with Crippen LogP contribution in [0.1, 0.15) is 29.9 Å². The van der Waals surface area contributed by atoms with Crippen LogP contribution in [0, 0.1) is 11.7 Å². The van der Waals surface area contributed by atoms with E-state index in [1.165, 1.54) is 36.4 Å². The molecule has 0 aliphatic carbocycles. The second-order valence-corrected chi connectivity index (χ2v) is 10.8. The Balaban J connectivity index is 1.70. The second-order valence-electron chi connectivity index (χ2n) is 8.68. The molecule has 1 heterocycles. The van der Waals surface area contributed by atoms with E-state index in [4.69, 9.17) is 11.6 Å². The summed E-state index contributed by atoms with van der Waals surface area (Å²) in [7, 11) is -3.82. The van der Waals surface area contributed by atoms with Gasteiger partial charge in [0, 0.05) is 34.7 Å². The highest BCUT2D eigenvalue weighted by molar-refractivity contribution is 7.92. The van der Waals surface area contributed by atoms with E-state index in [1.54, 1.807) is 36.4 Å². The van der Waals surface area contributed by atoms with Crippen molar-refractivity contribution in [1.29, 1.82) is 0 Å². The predicted octanol–water partition coefficient (Wildman–Crippen LogP) is 5.67. The summed E-state index contributed by atoms with van der Waals surface area (Å²) in [6, 6.07) is 18.8. The Morgan fingerprint density at radius 2 is 1.69 bits per heavy atom. The van der Waals surface area contributed by atoms with E-state index in [2.05, 4.69) is 10.0 Å². The van der Waals surface area contributed by atoms with E-state index >= 15 is 0 Å². The van der Waals surface area contributed by atoms with Crippen molar-refractivity contribution in [2.24, 2.45) is 5.92 Å². The minimum absolute atomic E-state index is 0.0876. The highest BCUT2D eigenvalue weighted by Crippen LogP contribution is 2.27. The molecule has 9 heteroatoms. The van der Waals surface area contributed by atoms with Gasteiger partial charge in [-0.05, 0) is 72.1 Å². The largest absolute Gasteiger partial charge is 0.351 e. The van der Waals surface area contributed by atoms with E-state index < -0.39 is 10.0 Å². The molecule has 4 aromatic rings. The lowest BCUT2D eigenvalue weighted by molar-refractivity contribution is 0.0940. The fourth-order valence-corrected chi connectivity index (χ4v) is 4.86. The summed E-state index contributed by atoms with van der Waals surface area (Å²) in [5, 5.41) is 4.07. The number of fused-ring (bicyclic) bond motifs is 1. The Morgan fingerprint density at radius 1 is 1.00 bits per heavy atom. The van der Waals surface area contributed by atoms with E-state index in [1.807, 2.05) is 18.4 Å². The van der Waals surface area contributed by atoms with Crippen LogP contribution in [0.15, 0.2) is 77.7 Å². The number of nitrogens with one attached hydrogen (secondary N) is 2. The van der Waals surface area contributed by atoms with Crippen molar-refractivity contribution in [2.45, 2.75) is 25.3 Å². The summed E-state index contributed by atoms with van der Waals surface area (Å²) < 4.78 is 43.4. The smallest absolute Gasteiger partial charge is 0.267 e. The zero-order valence-corrected chi connectivity index (χ0v) is 20.8. The maximum atomic E-state index is 13.4. The Morgan fingerprint density at radius 3 is 2.34 bits per heavy atom. The maximum Gasteiger partial charge on any atom is 0.267 e. The molecule has 1 amide bonds. The van der Waals surface area contributed by atoms with Crippen LogP contribution in [-0.2, 0) is 16.6 Å². The van der Waals surface area contributed by atoms with E-state index in [0.717, 1.165) is 11.1 Å². The summed E-state index contributed by atoms with van der Waals surface area (Å²) in [4.78, 5) is 13.1. The molecule has 0 aliphatic rings. The molecule has 0 saturated carbocycles. The van der Waals surface area contributed by atoms with Crippen LogP contribution in [-0.4, -0.2) is 25.4 Å². The van der Waals surface area contributed by atoms with Gasteiger partial charge in [-0.3, -0.25) is 9.52 Å². The topological polar surface area (TPSA) is 80.2 Å². The van der Waals surface area contributed by atoms with Gasteiger partial charge in [-0.2, -0.15) is 0 Å². The third-order valence-electron chi connectivity index (χ3n) is 5.43. The van der Waals surface area contributed by atoms with E-state index in [-0.39, 0.29) is 22.5 Å². The minimum atomic E-state index is -3.82. The third kappa shape index (κ3) is 5.83. The molecule has 0 bridgehead atoms. The summed E-state index contributed by atoms with van der Waals surface area (Å²) in [6.07, 6.45) is 0. The lowest BCUT2D eigenvalue weighted by Crippen LogP contribution is -2.29. The van der Waals surface area contributed by atoms with Gasteiger partial charge in [-0.25, -0.2) is 12.8 Å².